The lowest BCUT2D eigenvalue weighted by Gasteiger charge is -2.32. The first kappa shape index (κ1) is 36.0. The summed E-state index contributed by atoms with van der Waals surface area (Å²) in [4.78, 5) is 2.50. The summed E-state index contributed by atoms with van der Waals surface area (Å²) in [6, 6.07) is 83.8. The Balaban J connectivity index is 1.11. The van der Waals surface area contributed by atoms with E-state index in [1.54, 1.807) is 0 Å². The molecule has 0 bridgehead atoms. The Morgan fingerprint density at radius 2 is 0.952 bits per heavy atom. The van der Waals surface area contributed by atoms with Crippen molar-refractivity contribution in [1.29, 1.82) is 0 Å². The molecule has 2 nitrogen and oxygen atoms in total. The van der Waals surface area contributed by atoms with Crippen LogP contribution in [0.25, 0.3) is 77.2 Å². The molecular formula is C60H41NO. The highest BCUT2D eigenvalue weighted by atomic mass is 16.3. The number of hydrogen-bond donors (Lipinski definition) is 0. The van der Waals surface area contributed by atoms with Crippen molar-refractivity contribution in [3.05, 3.63) is 247 Å². The summed E-state index contributed by atoms with van der Waals surface area (Å²) >= 11 is 0. The minimum Gasteiger partial charge on any atom is -0.455 e. The molecule has 0 spiro atoms. The van der Waals surface area contributed by atoms with Crippen LogP contribution in [0, 0.1) is 0 Å². The summed E-state index contributed by atoms with van der Waals surface area (Å²) < 4.78 is 6.52. The highest BCUT2D eigenvalue weighted by Gasteiger charge is 2.42. The van der Waals surface area contributed by atoms with E-state index in [9.17, 15) is 0 Å². The number of nitrogens with zero attached hydrogens (tertiary/aromatic N) is 1. The van der Waals surface area contributed by atoms with Gasteiger partial charge in [-0.15, -0.1) is 0 Å². The van der Waals surface area contributed by atoms with Gasteiger partial charge in [0.15, 0.2) is 0 Å². The topological polar surface area (TPSA) is 16.4 Å². The van der Waals surface area contributed by atoms with Gasteiger partial charge in [-0.3, -0.25) is 0 Å². The number of para-hydroxylation sites is 3. The largest absolute Gasteiger partial charge is 0.455 e. The molecule has 0 aliphatic heterocycles. The Bertz CT molecular complexity index is 3470. The van der Waals surface area contributed by atoms with E-state index in [1.165, 1.54) is 55.3 Å². The Labute approximate surface area is 361 Å². The number of rotatable bonds is 7. The zero-order valence-electron chi connectivity index (χ0n) is 34.3. The fraction of sp³-hybridized carbons (Fsp3) is 0.0333. The van der Waals surface area contributed by atoms with E-state index >= 15 is 0 Å². The van der Waals surface area contributed by atoms with Crippen LogP contribution in [-0.2, 0) is 5.41 Å². The second kappa shape index (κ2) is 14.4. The van der Waals surface area contributed by atoms with Gasteiger partial charge in [-0.05, 0) is 92.5 Å². The van der Waals surface area contributed by atoms with Gasteiger partial charge in [0.05, 0.1) is 11.4 Å². The first-order chi connectivity index (χ1) is 30.7. The molecule has 0 saturated carbocycles. The van der Waals surface area contributed by atoms with E-state index in [1.807, 2.05) is 6.07 Å². The predicted octanol–water partition coefficient (Wildman–Crippen LogP) is 16.5. The molecule has 1 aliphatic carbocycles. The summed E-state index contributed by atoms with van der Waals surface area (Å²) in [7, 11) is 0. The van der Waals surface area contributed by atoms with Gasteiger partial charge >= 0.3 is 0 Å². The molecule has 292 valence electrons. The third-order valence-corrected chi connectivity index (χ3v) is 13.2. The fourth-order valence-electron chi connectivity index (χ4n) is 10.3. The van der Waals surface area contributed by atoms with Gasteiger partial charge in [0.25, 0.3) is 0 Å². The quantitative estimate of drug-likeness (QED) is 0.160. The van der Waals surface area contributed by atoms with Gasteiger partial charge in [-0.2, -0.15) is 0 Å². The van der Waals surface area contributed by atoms with Crippen LogP contribution in [0.4, 0.5) is 17.1 Å². The summed E-state index contributed by atoms with van der Waals surface area (Å²) in [5, 5.41) is 4.71. The molecule has 1 heterocycles. The second-order valence-electron chi connectivity index (χ2n) is 16.5. The summed E-state index contributed by atoms with van der Waals surface area (Å²) in [5.74, 6) is 0. The maximum absolute atomic E-state index is 6.52. The van der Waals surface area contributed by atoms with Crippen LogP contribution in [0.15, 0.2) is 235 Å². The van der Waals surface area contributed by atoms with Crippen molar-refractivity contribution in [2.24, 2.45) is 0 Å². The van der Waals surface area contributed by atoms with Crippen LogP contribution in [0.5, 0.6) is 0 Å². The summed E-state index contributed by atoms with van der Waals surface area (Å²) in [6.45, 7) is 2.39. The molecule has 11 aromatic rings. The van der Waals surface area contributed by atoms with Crippen molar-refractivity contribution in [2.75, 3.05) is 4.90 Å². The summed E-state index contributed by atoms with van der Waals surface area (Å²) in [5.41, 5.74) is 18.1. The van der Waals surface area contributed by atoms with Crippen molar-refractivity contribution in [2.45, 2.75) is 12.3 Å². The molecule has 10 aromatic carbocycles. The standard InChI is InChI=1S/C60H41NO/c1-60(43-22-6-3-7-23-43)52-31-11-8-26-51(52)58-53(60)32-17-34-55(58)61(44-38-36-41(37-39-44)46-28-16-30-50-48-25-10-13-35-56(48)62-59(46)50)54-33-12-9-24-47(54)49-29-15-21-42-20-14-27-45(57(42)49)40-18-4-2-5-19-40/h2-39H,1H3. The number of anilines is 3. The molecule has 0 saturated heterocycles. The minimum absolute atomic E-state index is 0.344. The SMILES string of the molecule is CC1(c2ccccc2)c2ccccc2-c2c(N(c3ccc(-c4cccc5c4oc4ccccc45)cc3)c3ccccc3-c3cccc4cccc(-c5ccccc5)c34)cccc21. The summed E-state index contributed by atoms with van der Waals surface area (Å²) in [6.07, 6.45) is 0. The molecule has 12 rings (SSSR count). The van der Waals surface area contributed by atoms with Crippen LogP contribution in [0.1, 0.15) is 23.6 Å². The van der Waals surface area contributed by atoms with Crippen molar-refractivity contribution in [3.63, 3.8) is 0 Å². The lowest BCUT2D eigenvalue weighted by Crippen LogP contribution is -2.22. The van der Waals surface area contributed by atoms with Gasteiger partial charge in [0.1, 0.15) is 11.2 Å². The molecule has 1 unspecified atom stereocenters. The number of furan rings is 1. The molecule has 1 aromatic heterocycles. The van der Waals surface area contributed by atoms with Crippen LogP contribution >= 0.6 is 0 Å². The third kappa shape index (κ3) is 5.50. The Kier molecular flexibility index (Phi) is 8.33. The zero-order valence-corrected chi connectivity index (χ0v) is 34.3. The lowest BCUT2D eigenvalue weighted by atomic mass is 9.74. The number of benzene rings is 10. The molecule has 1 aliphatic rings. The van der Waals surface area contributed by atoms with Crippen LogP contribution in [0.3, 0.4) is 0 Å². The number of hydrogen-bond acceptors (Lipinski definition) is 2. The van der Waals surface area contributed by atoms with Crippen molar-refractivity contribution in [1.82, 2.24) is 0 Å². The third-order valence-electron chi connectivity index (χ3n) is 13.2. The monoisotopic (exact) mass is 791 g/mol. The average molecular weight is 792 g/mol. The maximum Gasteiger partial charge on any atom is 0.143 e. The molecule has 2 heteroatoms. The van der Waals surface area contributed by atoms with Gasteiger partial charge in [0, 0.05) is 38.6 Å². The van der Waals surface area contributed by atoms with E-state index in [-0.39, 0.29) is 5.41 Å². The molecule has 62 heavy (non-hydrogen) atoms. The van der Waals surface area contributed by atoms with Crippen LogP contribution in [0.2, 0.25) is 0 Å². The average Bonchev–Trinajstić information content (AvgIpc) is 3.86. The minimum atomic E-state index is -0.344. The van der Waals surface area contributed by atoms with Crippen LogP contribution < -0.4 is 4.90 Å². The van der Waals surface area contributed by atoms with Crippen molar-refractivity contribution >= 4 is 49.8 Å². The Hall–Kier alpha value is -7.94. The molecule has 1 atom stereocenters. The highest BCUT2D eigenvalue weighted by Crippen LogP contribution is 2.57. The van der Waals surface area contributed by atoms with E-state index in [0.717, 1.165) is 55.7 Å². The van der Waals surface area contributed by atoms with E-state index < -0.39 is 0 Å². The predicted molar refractivity (Wildman–Crippen MR) is 260 cm³/mol. The molecule has 0 N–H and O–H groups in total. The smallest absolute Gasteiger partial charge is 0.143 e. The number of fused-ring (bicyclic) bond motifs is 7. The Morgan fingerprint density at radius 3 is 1.77 bits per heavy atom. The van der Waals surface area contributed by atoms with Gasteiger partial charge in [-0.1, -0.05) is 200 Å². The maximum atomic E-state index is 6.52. The lowest BCUT2D eigenvalue weighted by molar-refractivity contribution is 0.670. The van der Waals surface area contributed by atoms with E-state index in [2.05, 4.69) is 236 Å². The normalized spacial score (nSPS) is 14.3. The highest BCUT2D eigenvalue weighted by molar-refractivity contribution is 6.11. The fourth-order valence-corrected chi connectivity index (χ4v) is 10.3. The van der Waals surface area contributed by atoms with Gasteiger partial charge in [0.2, 0.25) is 0 Å². The molecule has 0 amide bonds. The van der Waals surface area contributed by atoms with Crippen LogP contribution in [-0.4, -0.2) is 0 Å². The van der Waals surface area contributed by atoms with Crippen molar-refractivity contribution in [3.8, 4) is 44.5 Å². The van der Waals surface area contributed by atoms with Gasteiger partial charge < -0.3 is 9.32 Å². The first-order valence-corrected chi connectivity index (χ1v) is 21.4. The van der Waals surface area contributed by atoms with Crippen molar-refractivity contribution < 1.29 is 4.42 Å². The molecule has 0 fully saturated rings. The molecular weight excluding hydrogens is 751 g/mol. The van der Waals surface area contributed by atoms with E-state index in [0.29, 0.717) is 0 Å². The second-order valence-corrected chi connectivity index (χ2v) is 16.5. The zero-order chi connectivity index (χ0) is 41.2. The van der Waals surface area contributed by atoms with Gasteiger partial charge in [-0.25, -0.2) is 0 Å². The Morgan fingerprint density at radius 1 is 0.387 bits per heavy atom. The van der Waals surface area contributed by atoms with E-state index in [4.69, 9.17) is 4.42 Å². The molecule has 0 radical (unpaired) electrons. The first-order valence-electron chi connectivity index (χ1n) is 21.4.